The predicted molar refractivity (Wildman–Crippen MR) is 187 cm³/mol. The number of amides is 2. The molecular weight excluding hydrogens is 701 g/mol. The van der Waals surface area contributed by atoms with E-state index in [1.165, 1.54) is 49.5 Å². The van der Waals surface area contributed by atoms with E-state index in [9.17, 15) is 22.4 Å². The van der Waals surface area contributed by atoms with Crippen LogP contribution in [0.5, 0.6) is 11.5 Å². The number of carbonyl (C=O) groups excluding carboxylic acids is 2. The van der Waals surface area contributed by atoms with E-state index in [-0.39, 0.29) is 41.1 Å². The number of anilines is 1. The van der Waals surface area contributed by atoms with Crippen molar-refractivity contribution in [2.75, 3.05) is 31.6 Å². The van der Waals surface area contributed by atoms with Crippen molar-refractivity contribution in [1.82, 2.24) is 10.2 Å². The number of methoxy groups -OCH3 is 2. The molecule has 0 fully saturated rings. The lowest BCUT2D eigenvalue weighted by molar-refractivity contribution is -0.140. The first-order chi connectivity index (χ1) is 22.9. The summed E-state index contributed by atoms with van der Waals surface area (Å²) in [6.07, 6.45) is 0.187. The number of hydrogen-bond donors (Lipinski definition) is 1. The van der Waals surface area contributed by atoms with E-state index in [2.05, 4.69) is 21.2 Å². The molecule has 0 heterocycles. The number of sulfonamides is 1. The molecule has 12 heteroatoms. The predicted octanol–water partition coefficient (Wildman–Crippen LogP) is 6.21. The SMILES string of the molecule is COc1ccc(S(=O)(=O)N(CC(=O)N(Cc2ccc(Br)cc2)[C@H](Cc2ccccc2)C(=O)NCC(C)C)c2ccc(F)cc2)cc1OC. The van der Waals surface area contributed by atoms with Gasteiger partial charge in [-0.3, -0.25) is 13.9 Å². The lowest BCUT2D eigenvalue weighted by atomic mass is 10.0. The number of nitrogens with one attached hydrogen (secondary N) is 1. The minimum Gasteiger partial charge on any atom is -0.493 e. The molecule has 48 heavy (non-hydrogen) atoms. The third kappa shape index (κ3) is 9.35. The van der Waals surface area contributed by atoms with Gasteiger partial charge in [0.15, 0.2) is 11.5 Å². The van der Waals surface area contributed by atoms with E-state index in [0.717, 1.165) is 32.0 Å². The van der Waals surface area contributed by atoms with Crippen LogP contribution in [0.4, 0.5) is 10.1 Å². The van der Waals surface area contributed by atoms with Crippen molar-refractivity contribution in [3.05, 3.63) is 118 Å². The highest BCUT2D eigenvalue weighted by Crippen LogP contribution is 2.32. The lowest BCUT2D eigenvalue weighted by Gasteiger charge is -2.34. The molecular formula is C36H39BrFN3O6S. The number of nitrogens with zero attached hydrogens (tertiary/aromatic N) is 2. The summed E-state index contributed by atoms with van der Waals surface area (Å²) in [7, 11) is -1.63. The van der Waals surface area contributed by atoms with Crippen LogP contribution in [0, 0.1) is 11.7 Å². The quantitative estimate of drug-likeness (QED) is 0.156. The molecule has 4 aromatic carbocycles. The van der Waals surface area contributed by atoms with E-state index in [4.69, 9.17) is 9.47 Å². The van der Waals surface area contributed by atoms with E-state index in [1.807, 2.05) is 68.4 Å². The molecule has 2 amide bonds. The van der Waals surface area contributed by atoms with Crippen molar-refractivity contribution in [2.24, 2.45) is 5.92 Å². The Labute approximate surface area is 289 Å². The molecule has 9 nitrogen and oxygen atoms in total. The fourth-order valence-electron chi connectivity index (χ4n) is 5.00. The number of hydrogen-bond acceptors (Lipinski definition) is 6. The van der Waals surface area contributed by atoms with Crippen LogP contribution in [0.15, 0.2) is 106 Å². The molecule has 1 atom stereocenters. The standard InChI is InChI=1S/C36H39BrFN3O6S/c1-25(2)22-39-36(43)32(20-26-8-6-5-7-9-26)40(23-27-10-12-28(37)13-11-27)35(42)24-41(30-16-14-29(38)15-17-30)48(44,45)31-18-19-33(46-3)34(21-31)47-4/h5-19,21,25,32H,20,22-24H2,1-4H3,(H,39,43)/t32-/m1/s1. The highest BCUT2D eigenvalue weighted by molar-refractivity contribution is 9.10. The summed E-state index contributed by atoms with van der Waals surface area (Å²) in [4.78, 5) is 29.7. The molecule has 0 saturated carbocycles. The Morgan fingerprint density at radius 1 is 0.854 bits per heavy atom. The zero-order valence-corrected chi connectivity index (χ0v) is 29.6. The number of halogens is 2. The van der Waals surface area contributed by atoms with Crippen LogP contribution < -0.4 is 19.1 Å². The van der Waals surface area contributed by atoms with E-state index in [1.54, 1.807) is 0 Å². The van der Waals surface area contributed by atoms with Crippen LogP contribution in [0.2, 0.25) is 0 Å². The largest absolute Gasteiger partial charge is 0.493 e. The van der Waals surface area contributed by atoms with Gasteiger partial charge in [0.1, 0.15) is 18.4 Å². The Morgan fingerprint density at radius 3 is 2.10 bits per heavy atom. The average molecular weight is 741 g/mol. The zero-order chi connectivity index (χ0) is 34.8. The Morgan fingerprint density at radius 2 is 1.50 bits per heavy atom. The van der Waals surface area contributed by atoms with Gasteiger partial charge in [-0.05, 0) is 65.6 Å². The van der Waals surface area contributed by atoms with Crippen LogP contribution >= 0.6 is 15.9 Å². The first kappa shape index (κ1) is 36.4. The Bertz CT molecular complexity index is 1790. The normalized spacial score (nSPS) is 11.9. The van der Waals surface area contributed by atoms with Gasteiger partial charge in [-0.1, -0.05) is 72.2 Å². The van der Waals surface area contributed by atoms with Gasteiger partial charge < -0.3 is 19.7 Å². The zero-order valence-electron chi connectivity index (χ0n) is 27.2. The molecule has 1 N–H and O–H groups in total. The number of rotatable bonds is 15. The highest BCUT2D eigenvalue weighted by atomic mass is 79.9. The number of ether oxygens (including phenoxy) is 2. The molecule has 0 spiro atoms. The molecule has 0 aromatic heterocycles. The summed E-state index contributed by atoms with van der Waals surface area (Å²) >= 11 is 3.44. The maximum atomic E-state index is 14.6. The van der Waals surface area contributed by atoms with E-state index in [0.29, 0.717) is 12.3 Å². The van der Waals surface area contributed by atoms with Crippen LogP contribution in [0.3, 0.4) is 0 Å². The number of benzene rings is 4. The second-order valence-corrected chi connectivity index (χ2v) is 14.3. The van der Waals surface area contributed by atoms with Gasteiger partial charge in [0.2, 0.25) is 11.8 Å². The van der Waals surface area contributed by atoms with Crippen LogP contribution in [-0.2, 0) is 32.6 Å². The molecule has 0 aliphatic rings. The second kappa shape index (κ2) is 16.6. The molecule has 0 aliphatic carbocycles. The van der Waals surface area contributed by atoms with Crippen molar-refractivity contribution in [3.63, 3.8) is 0 Å². The monoisotopic (exact) mass is 739 g/mol. The third-order valence-corrected chi connectivity index (χ3v) is 9.86. The van der Waals surface area contributed by atoms with Gasteiger partial charge in [-0.15, -0.1) is 0 Å². The second-order valence-electron chi connectivity index (χ2n) is 11.5. The van der Waals surface area contributed by atoms with Crippen molar-refractivity contribution in [2.45, 2.75) is 37.8 Å². The molecule has 0 bridgehead atoms. The van der Waals surface area contributed by atoms with Gasteiger partial charge in [-0.25, -0.2) is 12.8 Å². The van der Waals surface area contributed by atoms with Gasteiger partial charge in [0.25, 0.3) is 10.0 Å². The maximum Gasteiger partial charge on any atom is 0.264 e. The summed E-state index contributed by atoms with van der Waals surface area (Å²) < 4.78 is 55.0. The highest BCUT2D eigenvalue weighted by Gasteiger charge is 2.35. The fourth-order valence-corrected chi connectivity index (χ4v) is 6.70. The van der Waals surface area contributed by atoms with E-state index < -0.39 is 34.3 Å². The molecule has 254 valence electrons. The summed E-state index contributed by atoms with van der Waals surface area (Å²) in [6.45, 7) is 3.67. The Balaban J connectivity index is 1.81. The first-order valence-corrected chi connectivity index (χ1v) is 17.5. The fraction of sp³-hybridized carbons (Fsp3) is 0.278. The average Bonchev–Trinajstić information content (AvgIpc) is 3.08. The van der Waals surface area contributed by atoms with Crippen molar-refractivity contribution in [3.8, 4) is 11.5 Å². The first-order valence-electron chi connectivity index (χ1n) is 15.3. The maximum absolute atomic E-state index is 14.6. The summed E-state index contributed by atoms with van der Waals surface area (Å²) in [5.41, 5.74) is 1.62. The van der Waals surface area contributed by atoms with Gasteiger partial charge >= 0.3 is 0 Å². The molecule has 4 aromatic rings. The van der Waals surface area contributed by atoms with Gasteiger partial charge in [0.05, 0.1) is 24.8 Å². The molecule has 0 unspecified atom stereocenters. The summed E-state index contributed by atoms with van der Waals surface area (Å²) in [5.74, 6) is -0.929. The Kier molecular flexibility index (Phi) is 12.6. The Hall–Kier alpha value is -4.42. The smallest absolute Gasteiger partial charge is 0.264 e. The molecule has 0 radical (unpaired) electrons. The number of carbonyl (C=O) groups is 2. The third-order valence-electron chi connectivity index (χ3n) is 7.56. The van der Waals surface area contributed by atoms with Gasteiger partial charge in [-0.2, -0.15) is 0 Å². The molecule has 0 saturated heterocycles. The van der Waals surface area contributed by atoms with Crippen molar-refractivity contribution < 1.29 is 31.9 Å². The van der Waals surface area contributed by atoms with Crippen LogP contribution in [0.1, 0.15) is 25.0 Å². The van der Waals surface area contributed by atoms with Crippen LogP contribution in [-0.4, -0.2) is 58.5 Å². The minimum atomic E-state index is -4.44. The van der Waals surface area contributed by atoms with E-state index >= 15 is 0 Å². The summed E-state index contributed by atoms with van der Waals surface area (Å²) in [6, 6.07) is 24.5. The van der Waals surface area contributed by atoms with Crippen molar-refractivity contribution in [1.29, 1.82) is 0 Å². The van der Waals surface area contributed by atoms with Gasteiger partial charge in [0, 0.05) is 30.0 Å². The molecule has 0 aliphatic heterocycles. The molecule has 4 rings (SSSR count). The minimum absolute atomic E-state index is 0.0202. The topological polar surface area (TPSA) is 105 Å². The van der Waals surface area contributed by atoms with Crippen LogP contribution in [0.25, 0.3) is 0 Å². The summed E-state index contributed by atoms with van der Waals surface area (Å²) in [5, 5.41) is 2.96. The van der Waals surface area contributed by atoms with Crippen molar-refractivity contribution >= 4 is 43.5 Å². The lowest BCUT2D eigenvalue weighted by Crippen LogP contribution is -2.53.